The molecule has 1 amide bonds. The Labute approximate surface area is 97.1 Å². The van der Waals surface area contributed by atoms with E-state index in [1.165, 1.54) is 0 Å². The predicted octanol–water partition coefficient (Wildman–Crippen LogP) is 0.671. The lowest BCUT2D eigenvalue weighted by atomic mass is 9.93. The van der Waals surface area contributed by atoms with Gasteiger partial charge in [-0.1, -0.05) is 6.92 Å². The summed E-state index contributed by atoms with van der Waals surface area (Å²) in [6.45, 7) is 5.46. The van der Waals surface area contributed by atoms with Crippen LogP contribution in [0.25, 0.3) is 0 Å². The first kappa shape index (κ1) is 11.9. The van der Waals surface area contributed by atoms with Crippen molar-refractivity contribution in [3.8, 4) is 0 Å². The predicted molar refractivity (Wildman–Crippen MR) is 62.2 cm³/mol. The lowest BCUT2D eigenvalue weighted by Gasteiger charge is -2.27. The van der Waals surface area contributed by atoms with Gasteiger partial charge in [-0.05, 0) is 32.2 Å². The van der Waals surface area contributed by atoms with Gasteiger partial charge in [-0.15, -0.1) is 0 Å². The Balaban J connectivity index is 1.81. The highest BCUT2D eigenvalue weighted by molar-refractivity contribution is 5.86. The smallest absolute Gasteiger partial charge is 0.240 e. The molecule has 2 unspecified atom stereocenters. The number of carbonyl (C=O) groups is 1. The first-order valence-electron chi connectivity index (χ1n) is 6.38. The largest absolute Gasteiger partial charge is 0.381 e. The van der Waals surface area contributed by atoms with Crippen LogP contribution in [0.1, 0.15) is 32.6 Å². The van der Waals surface area contributed by atoms with Crippen molar-refractivity contribution in [3.63, 3.8) is 0 Å². The summed E-state index contributed by atoms with van der Waals surface area (Å²) < 4.78 is 5.30. The zero-order chi connectivity index (χ0) is 11.4. The maximum atomic E-state index is 12.1. The van der Waals surface area contributed by atoms with Crippen molar-refractivity contribution in [1.29, 1.82) is 0 Å². The van der Waals surface area contributed by atoms with Gasteiger partial charge in [-0.25, -0.2) is 0 Å². The Hall–Kier alpha value is -0.610. The average Bonchev–Trinajstić information content (AvgIpc) is 2.97. The molecule has 2 N–H and O–H groups in total. The molecule has 92 valence electrons. The van der Waals surface area contributed by atoms with Crippen LogP contribution in [0.2, 0.25) is 0 Å². The molecule has 0 aromatic heterocycles. The second-order valence-electron chi connectivity index (χ2n) is 4.91. The highest BCUT2D eigenvalue weighted by atomic mass is 16.5. The third-order valence-electron chi connectivity index (χ3n) is 3.86. The van der Waals surface area contributed by atoms with Crippen LogP contribution in [0.3, 0.4) is 0 Å². The number of rotatable bonds is 4. The molecule has 0 spiro atoms. The zero-order valence-electron chi connectivity index (χ0n) is 10.1. The quantitative estimate of drug-likeness (QED) is 0.741. The van der Waals surface area contributed by atoms with Crippen LogP contribution in [-0.4, -0.2) is 37.7 Å². The van der Waals surface area contributed by atoms with Crippen LogP contribution in [0.4, 0.5) is 0 Å². The Morgan fingerprint density at radius 2 is 2.50 bits per heavy atom. The molecule has 0 aromatic carbocycles. The van der Waals surface area contributed by atoms with Crippen molar-refractivity contribution in [1.82, 2.24) is 10.6 Å². The van der Waals surface area contributed by atoms with Crippen LogP contribution < -0.4 is 10.6 Å². The fraction of sp³-hybridized carbons (Fsp3) is 0.917. The highest BCUT2D eigenvalue weighted by Gasteiger charge is 2.39. The molecule has 2 saturated heterocycles. The van der Waals surface area contributed by atoms with Gasteiger partial charge in [0, 0.05) is 19.1 Å². The standard InChI is InChI=1S/C12H22N2O2/c1-2-12(5-3-6-14-12)11(15)13-8-10-4-7-16-9-10/h10,14H,2-9H2,1H3,(H,13,15). The van der Waals surface area contributed by atoms with Gasteiger partial charge in [-0.3, -0.25) is 4.79 Å². The minimum absolute atomic E-state index is 0.180. The van der Waals surface area contributed by atoms with E-state index >= 15 is 0 Å². The summed E-state index contributed by atoms with van der Waals surface area (Å²) in [5.74, 6) is 0.693. The number of hydrogen-bond acceptors (Lipinski definition) is 3. The molecule has 0 radical (unpaired) electrons. The summed E-state index contributed by atoms with van der Waals surface area (Å²) in [6.07, 6.45) is 4.02. The molecule has 0 aliphatic carbocycles. The number of nitrogens with one attached hydrogen (secondary N) is 2. The molecule has 4 nitrogen and oxygen atoms in total. The Bertz CT molecular complexity index is 243. The van der Waals surface area contributed by atoms with E-state index < -0.39 is 0 Å². The summed E-state index contributed by atoms with van der Waals surface area (Å²) in [5, 5.41) is 6.43. The van der Waals surface area contributed by atoms with Crippen LogP contribution in [0, 0.1) is 5.92 Å². The molecule has 4 heteroatoms. The second kappa shape index (κ2) is 5.15. The van der Waals surface area contributed by atoms with Gasteiger partial charge in [0.05, 0.1) is 12.1 Å². The van der Waals surface area contributed by atoms with E-state index in [1.807, 2.05) is 0 Å². The van der Waals surface area contributed by atoms with Gasteiger partial charge in [0.1, 0.15) is 0 Å². The van der Waals surface area contributed by atoms with Crippen molar-refractivity contribution < 1.29 is 9.53 Å². The molecule has 2 aliphatic rings. The fourth-order valence-electron chi connectivity index (χ4n) is 2.61. The molecule has 2 rings (SSSR count). The number of ether oxygens (including phenoxy) is 1. The lowest BCUT2D eigenvalue weighted by Crippen LogP contribution is -2.53. The summed E-state index contributed by atoms with van der Waals surface area (Å²) >= 11 is 0. The third-order valence-corrected chi connectivity index (χ3v) is 3.86. The van der Waals surface area contributed by atoms with Gasteiger partial charge >= 0.3 is 0 Å². The monoisotopic (exact) mass is 226 g/mol. The van der Waals surface area contributed by atoms with E-state index in [4.69, 9.17) is 4.74 Å². The number of hydrogen-bond donors (Lipinski definition) is 2. The minimum Gasteiger partial charge on any atom is -0.381 e. The van der Waals surface area contributed by atoms with Gasteiger partial charge in [0.15, 0.2) is 0 Å². The first-order valence-corrected chi connectivity index (χ1v) is 6.38. The molecule has 0 saturated carbocycles. The summed E-state index contributed by atoms with van der Waals surface area (Å²) in [5.41, 5.74) is -0.292. The van der Waals surface area contributed by atoms with Crippen molar-refractivity contribution in [3.05, 3.63) is 0 Å². The maximum absolute atomic E-state index is 12.1. The Morgan fingerprint density at radius 3 is 3.06 bits per heavy atom. The molecule has 2 atom stereocenters. The normalized spacial score (nSPS) is 34.2. The van der Waals surface area contributed by atoms with E-state index in [1.54, 1.807) is 0 Å². The summed E-state index contributed by atoms with van der Waals surface area (Å²) in [7, 11) is 0. The highest BCUT2D eigenvalue weighted by Crippen LogP contribution is 2.23. The third kappa shape index (κ3) is 2.38. The SMILES string of the molecule is CCC1(C(=O)NCC2CCOC2)CCCN1. The van der Waals surface area contributed by atoms with Crippen LogP contribution in [0.15, 0.2) is 0 Å². The average molecular weight is 226 g/mol. The van der Waals surface area contributed by atoms with E-state index in [0.29, 0.717) is 5.92 Å². The van der Waals surface area contributed by atoms with Crippen molar-refractivity contribution in [2.45, 2.75) is 38.1 Å². The van der Waals surface area contributed by atoms with Crippen LogP contribution in [-0.2, 0) is 9.53 Å². The maximum Gasteiger partial charge on any atom is 0.240 e. The van der Waals surface area contributed by atoms with E-state index in [9.17, 15) is 4.79 Å². The van der Waals surface area contributed by atoms with Gasteiger partial charge in [0.25, 0.3) is 0 Å². The molecule has 2 heterocycles. The van der Waals surface area contributed by atoms with Gasteiger partial charge in [0.2, 0.25) is 5.91 Å². The molecule has 0 aromatic rings. The van der Waals surface area contributed by atoms with Crippen LogP contribution >= 0.6 is 0 Å². The fourth-order valence-corrected chi connectivity index (χ4v) is 2.61. The van der Waals surface area contributed by atoms with Gasteiger partial charge < -0.3 is 15.4 Å². The molecule has 16 heavy (non-hydrogen) atoms. The topological polar surface area (TPSA) is 50.4 Å². The zero-order valence-corrected chi connectivity index (χ0v) is 10.1. The van der Waals surface area contributed by atoms with Crippen molar-refractivity contribution in [2.24, 2.45) is 5.92 Å². The lowest BCUT2D eigenvalue weighted by molar-refractivity contribution is -0.127. The summed E-state index contributed by atoms with van der Waals surface area (Å²) in [4.78, 5) is 12.1. The Kier molecular flexibility index (Phi) is 3.82. The van der Waals surface area contributed by atoms with Gasteiger partial charge in [-0.2, -0.15) is 0 Å². The second-order valence-corrected chi connectivity index (χ2v) is 4.91. The molecule has 2 aliphatic heterocycles. The van der Waals surface area contributed by atoms with Crippen molar-refractivity contribution >= 4 is 5.91 Å². The molecule has 2 fully saturated rings. The van der Waals surface area contributed by atoms with Crippen LogP contribution in [0.5, 0.6) is 0 Å². The minimum atomic E-state index is -0.292. The molecular weight excluding hydrogens is 204 g/mol. The van der Waals surface area contributed by atoms with E-state index in [0.717, 1.165) is 52.0 Å². The summed E-state index contributed by atoms with van der Waals surface area (Å²) in [6, 6.07) is 0. The van der Waals surface area contributed by atoms with E-state index in [-0.39, 0.29) is 11.4 Å². The molecular formula is C12H22N2O2. The number of amides is 1. The first-order chi connectivity index (χ1) is 7.77. The van der Waals surface area contributed by atoms with Crippen molar-refractivity contribution in [2.75, 3.05) is 26.3 Å². The molecule has 0 bridgehead atoms. The number of carbonyl (C=O) groups excluding carboxylic acids is 1. The Morgan fingerprint density at radius 1 is 1.62 bits per heavy atom. The van der Waals surface area contributed by atoms with E-state index in [2.05, 4.69) is 17.6 Å².